The van der Waals surface area contributed by atoms with Crippen LogP contribution in [0.3, 0.4) is 0 Å². The molecule has 0 atom stereocenters. The minimum atomic E-state index is 0.389. The number of pyridine rings is 1. The lowest BCUT2D eigenvalue weighted by Gasteiger charge is -2.02. The van der Waals surface area contributed by atoms with Gasteiger partial charge >= 0.3 is 0 Å². The molecule has 0 unspecified atom stereocenters. The van der Waals surface area contributed by atoms with E-state index in [0.717, 1.165) is 22.0 Å². The summed E-state index contributed by atoms with van der Waals surface area (Å²) in [4.78, 5) is 4.35. The van der Waals surface area contributed by atoms with Crippen LogP contribution in [0.2, 0.25) is 0 Å². The Morgan fingerprint density at radius 3 is 3.00 bits per heavy atom. The van der Waals surface area contributed by atoms with Gasteiger partial charge in [0, 0.05) is 17.1 Å². The van der Waals surface area contributed by atoms with Crippen LogP contribution in [0.25, 0.3) is 10.9 Å². The lowest BCUT2D eigenvalue weighted by atomic mass is 10.0. The highest BCUT2D eigenvalue weighted by Crippen LogP contribution is 2.18. The molecule has 0 bridgehead atoms. The maximum Gasteiger partial charge on any atom is 0.0743 e. The first-order chi connectivity index (χ1) is 7.33. The number of hydrogen-bond acceptors (Lipinski definition) is 2. The van der Waals surface area contributed by atoms with Crippen LogP contribution in [0.1, 0.15) is 11.1 Å². The van der Waals surface area contributed by atoms with Gasteiger partial charge in [-0.25, -0.2) is 0 Å². The monoisotopic (exact) mass is 196 g/mol. The summed E-state index contributed by atoms with van der Waals surface area (Å²) in [6.07, 6.45) is 1.80. The summed E-state index contributed by atoms with van der Waals surface area (Å²) in [5, 5.41) is 1.15. The van der Waals surface area contributed by atoms with Crippen LogP contribution >= 0.6 is 0 Å². The highest BCUT2D eigenvalue weighted by molar-refractivity contribution is 5.83. The van der Waals surface area contributed by atoms with Crippen molar-refractivity contribution in [2.45, 2.75) is 6.92 Å². The quantitative estimate of drug-likeness (QED) is 0.653. The molecular formula is C13H12N2. The minimum absolute atomic E-state index is 0.389. The summed E-state index contributed by atoms with van der Waals surface area (Å²) < 4.78 is 0. The van der Waals surface area contributed by atoms with Gasteiger partial charge in [0.05, 0.1) is 12.1 Å². The van der Waals surface area contributed by atoms with E-state index in [9.17, 15) is 0 Å². The number of rotatable bonds is 0. The predicted molar refractivity (Wildman–Crippen MR) is 62.4 cm³/mol. The van der Waals surface area contributed by atoms with Crippen molar-refractivity contribution in [3.63, 3.8) is 0 Å². The SMILES string of the molecule is Cc1c(C#CCN)ccc2cccnc12. The van der Waals surface area contributed by atoms with Crippen molar-refractivity contribution in [3.8, 4) is 11.8 Å². The molecule has 0 spiro atoms. The van der Waals surface area contributed by atoms with Gasteiger partial charge < -0.3 is 5.73 Å². The van der Waals surface area contributed by atoms with Gasteiger partial charge in [0.1, 0.15) is 0 Å². The molecule has 0 amide bonds. The number of benzene rings is 1. The van der Waals surface area contributed by atoms with Gasteiger partial charge in [0.25, 0.3) is 0 Å². The summed E-state index contributed by atoms with van der Waals surface area (Å²) >= 11 is 0. The molecule has 0 aliphatic heterocycles. The van der Waals surface area contributed by atoms with Crippen LogP contribution < -0.4 is 5.73 Å². The minimum Gasteiger partial charge on any atom is -0.320 e. The standard InChI is InChI=1S/C13H12N2/c1-10-11(4-2-8-14)6-7-12-5-3-9-15-13(10)12/h3,5-7,9H,8,14H2,1H3. The van der Waals surface area contributed by atoms with Crippen molar-refractivity contribution in [3.05, 3.63) is 41.6 Å². The van der Waals surface area contributed by atoms with Crippen LogP contribution in [0.15, 0.2) is 30.5 Å². The lowest BCUT2D eigenvalue weighted by Crippen LogP contribution is -1.94. The van der Waals surface area contributed by atoms with Crippen LogP contribution in [0.4, 0.5) is 0 Å². The van der Waals surface area contributed by atoms with Crippen molar-refractivity contribution in [1.82, 2.24) is 4.98 Å². The molecule has 1 aromatic heterocycles. The summed E-state index contributed by atoms with van der Waals surface area (Å²) in [5.74, 6) is 5.91. The molecule has 0 aliphatic carbocycles. The Labute approximate surface area is 89.1 Å². The molecule has 0 saturated carbocycles. The molecule has 2 N–H and O–H groups in total. The van der Waals surface area contributed by atoms with Gasteiger partial charge in [-0.1, -0.05) is 24.0 Å². The number of nitrogens with zero attached hydrogens (tertiary/aromatic N) is 1. The first kappa shape index (κ1) is 9.70. The van der Waals surface area contributed by atoms with E-state index in [0.29, 0.717) is 6.54 Å². The zero-order valence-electron chi connectivity index (χ0n) is 8.62. The molecule has 1 aromatic carbocycles. The Morgan fingerprint density at radius 1 is 1.33 bits per heavy atom. The predicted octanol–water partition coefficient (Wildman–Crippen LogP) is 1.85. The average molecular weight is 196 g/mol. The summed E-state index contributed by atoms with van der Waals surface area (Å²) in [6.45, 7) is 2.43. The third-order valence-corrected chi connectivity index (χ3v) is 2.35. The third-order valence-electron chi connectivity index (χ3n) is 2.35. The van der Waals surface area contributed by atoms with Gasteiger partial charge in [-0.3, -0.25) is 4.98 Å². The molecule has 2 rings (SSSR count). The molecule has 1 heterocycles. The van der Waals surface area contributed by atoms with Crippen molar-refractivity contribution in [1.29, 1.82) is 0 Å². The van der Waals surface area contributed by atoms with Crippen LogP contribution in [0, 0.1) is 18.8 Å². The van der Waals surface area contributed by atoms with Crippen LogP contribution in [-0.2, 0) is 0 Å². The Hall–Kier alpha value is -1.85. The van der Waals surface area contributed by atoms with Gasteiger partial charge in [0.15, 0.2) is 0 Å². The Morgan fingerprint density at radius 2 is 2.20 bits per heavy atom. The van der Waals surface area contributed by atoms with E-state index in [2.05, 4.69) is 22.9 Å². The van der Waals surface area contributed by atoms with Crippen molar-refractivity contribution in [2.75, 3.05) is 6.54 Å². The highest BCUT2D eigenvalue weighted by atomic mass is 14.6. The van der Waals surface area contributed by atoms with Gasteiger partial charge in [-0.15, -0.1) is 0 Å². The van der Waals surface area contributed by atoms with E-state index in [4.69, 9.17) is 5.73 Å². The lowest BCUT2D eigenvalue weighted by molar-refractivity contribution is 1.30. The van der Waals surface area contributed by atoms with Crippen molar-refractivity contribution < 1.29 is 0 Å². The molecular weight excluding hydrogens is 184 g/mol. The summed E-state index contributed by atoms with van der Waals surface area (Å²) in [5.41, 5.74) is 8.49. The Balaban J connectivity index is 2.65. The smallest absolute Gasteiger partial charge is 0.0743 e. The van der Waals surface area contributed by atoms with Gasteiger partial charge in [-0.2, -0.15) is 0 Å². The molecule has 2 nitrogen and oxygen atoms in total. The van der Waals surface area contributed by atoms with E-state index >= 15 is 0 Å². The molecule has 0 radical (unpaired) electrons. The van der Waals surface area contributed by atoms with Crippen LogP contribution in [0.5, 0.6) is 0 Å². The number of hydrogen-bond donors (Lipinski definition) is 1. The number of fused-ring (bicyclic) bond motifs is 1. The van der Waals surface area contributed by atoms with Crippen molar-refractivity contribution >= 4 is 10.9 Å². The number of aryl methyl sites for hydroxylation is 1. The zero-order valence-corrected chi connectivity index (χ0v) is 8.62. The second kappa shape index (κ2) is 4.12. The fourth-order valence-electron chi connectivity index (χ4n) is 1.57. The van der Waals surface area contributed by atoms with Crippen LogP contribution in [-0.4, -0.2) is 11.5 Å². The molecule has 0 saturated heterocycles. The van der Waals surface area contributed by atoms with E-state index in [1.807, 2.05) is 25.1 Å². The fourth-order valence-corrected chi connectivity index (χ4v) is 1.57. The second-order valence-electron chi connectivity index (χ2n) is 3.32. The topological polar surface area (TPSA) is 38.9 Å². The van der Waals surface area contributed by atoms with E-state index in [1.54, 1.807) is 6.20 Å². The molecule has 0 fully saturated rings. The summed E-state index contributed by atoms with van der Waals surface area (Å²) in [7, 11) is 0. The first-order valence-corrected chi connectivity index (χ1v) is 4.86. The average Bonchev–Trinajstić information content (AvgIpc) is 2.29. The largest absolute Gasteiger partial charge is 0.320 e. The third kappa shape index (κ3) is 1.83. The van der Waals surface area contributed by atoms with E-state index in [1.165, 1.54) is 0 Å². The molecule has 0 aliphatic rings. The second-order valence-corrected chi connectivity index (χ2v) is 3.32. The molecule has 2 heteroatoms. The van der Waals surface area contributed by atoms with Crippen molar-refractivity contribution in [2.24, 2.45) is 5.73 Å². The number of aromatic nitrogens is 1. The molecule has 15 heavy (non-hydrogen) atoms. The molecule has 2 aromatic rings. The van der Waals surface area contributed by atoms with Gasteiger partial charge in [0.2, 0.25) is 0 Å². The number of nitrogens with two attached hydrogens (primary N) is 1. The summed E-state index contributed by atoms with van der Waals surface area (Å²) in [6, 6.07) is 8.04. The van der Waals surface area contributed by atoms with E-state index < -0.39 is 0 Å². The van der Waals surface area contributed by atoms with E-state index in [-0.39, 0.29) is 0 Å². The zero-order chi connectivity index (χ0) is 10.7. The Bertz CT molecular complexity index is 547. The Kier molecular flexibility index (Phi) is 2.66. The maximum absolute atomic E-state index is 5.35. The molecule has 74 valence electrons. The fraction of sp³-hybridized carbons (Fsp3) is 0.154. The maximum atomic E-state index is 5.35. The normalized spacial score (nSPS) is 9.73. The van der Waals surface area contributed by atoms with Gasteiger partial charge in [-0.05, 0) is 24.6 Å². The highest BCUT2D eigenvalue weighted by Gasteiger charge is 2.01. The first-order valence-electron chi connectivity index (χ1n) is 4.86.